The van der Waals surface area contributed by atoms with E-state index in [0.29, 0.717) is 6.54 Å². The van der Waals surface area contributed by atoms with Gasteiger partial charge in [0.15, 0.2) is 5.16 Å². The highest BCUT2D eigenvalue weighted by molar-refractivity contribution is 8.08. The number of aromatic nitrogens is 2. The molecule has 4 rings (SSSR count). The molecule has 0 amide bonds. The molecule has 3 heterocycles. The van der Waals surface area contributed by atoms with Gasteiger partial charge in [-0.1, -0.05) is 42.1 Å². The molecule has 0 N–H and O–H groups in total. The van der Waals surface area contributed by atoms with Gasteiger partial charge in [-0.3, -0.25) is 9.36 Å². The lowest BCUT2D eigenvalue weighted by atomic mass is 10.2. The Morgan fingerprint density at radius 3 is 2.73 bits per heavy atom. The minimum Gasteiger partial charge on any atom is -0.283 e. The van der Waals surface area contributed by atoms with Crippen molar-refractivity contribution in [2.24, 2.45) is 0 Å². The average Bonchev–Trinajstić information content (AvgIpc) is 2.82. The minimum atomic E-state index is 0.0812. The number of fused-ring (bicyclic) bond motifs is 2. The Labute approximate surface area is 136 Å². The second kappa shape index (κ2) is 5.11. The summed E-state index contributed by atoms with van der Waals surface area (Å²) in [4.78, 5) is 20.7. The van der Waals surface area contributed by atoms with Crippen molar-refractivity contribution >= 4 is 38.2 Å². The van der Waals surface area contributed by atoms with Gasteiger partial charge in [-0.15, -0.1) is 11.3 Å². The SMILES string of the molecule is Cc1sc2nc3n(c(=O)c2c1C)CC=C(c1ccccc1)S3. The Morgan fingerprint density at radius 2 is 1.95 bits per heavy atom. The molecule has 0 saturated carbocycles. The third kappa shape index (κ3) is 2.04. The number of allylic oxidation sites excluding steroid dienone is 1. The smallest absolute Gasteiger partial charge is 0.263 e. The molecule has 3 nitrogen and oxygen atoms in total. The van der Waals surface area contributed by atoms with E-state index in [-0.39, 0.29) is 5.56 Å². The van der Waals surface area contributed by atoms with Gasteiger partial charge in [-0.2, -0.15) is 0 Å². The number of hydrogen-bond donors (Lipinski definition) is 0. The molecular weight excluding hydrogens is 312 g/mol. The van der Waals surface area contributed by atoms with E-state index in [0.717, 1.165) is 25.8 Å². The standard InChI is InChI=1S/C17H14N2OS2/c1-10-11(2)21-15-14(10)16(20)19-9-8-13(22-17(19)18-15)12-6-4-3-5-7-12/h3-8H,9H2,1-2H3. The largest absolute Gasteiger partial charge is 0.283 e. The fourth-order valence-electron chi connectivity index (χ4n) is 2.64. The van der Waals surface area contributed by atoms with Crippen LogP contribution < -0.4 is 5.56 Å². The maximum atomic E-state index is 12.7. The summed E-state index contributed by atoms with van der Waals surface area (Å²) in [6.07, 6.45) is 2.11. The molecule has 1 aliphatic heterocycles. The summed E-state index contributed by atoms with van der Waals surface area (Å²) in [6.45, 7) is 4.64. The predicted molar refractivity (Wildman–Crippen MR) is 93.6 cm³/mol. The fourth-order valence-corrected chi connectivity index (χ4v) is 4.73. The van der Waals surface area contributed by atoms with Crippen LogP contribution >= 0.6 is 23.1 Å². The molecule has 22 heavy (non-hydrogen) atoms. The molecule has 5 heteroatoms. The lowest BCUT2D eigenvalue weighted by molar-refractivity contribution is 0.670. The summed E-state index contributed by atoms with van der Waals surface area (Å²) in [5, 5.41) is 1.57. The van der Waals surface area contributed by atoms with Crippen molar-refractivity contribution in [3.63, 3.8) is 0 Å². The zero-order chi connectivity index (χ0) is 15.3. The zero-order valence-electron chi connectivity index (χ0n) is 12.3. The van der Waals surface area contributed by atoms with Gasteiger partial charge in [0, 0.05) is 16.3 Å². The number of rotatable bonds is 1. The van der Waals surface area contributed by atoms with Gasteiger partial charge in [0.25, 0.3) is 5.56 Å². The highest BCUT2D eigenvalue weighted by atomic mass is 32.2. The van der Waals surface area contributed by atoms with Crippen LogP contribution in [0.2, 0.25) is 0 Å². The van der Waals surface area contributed by atoms with Crippen molar-refractivity contribution < 1.29 is 0 Å². The van der Waals surface area contributed by atoms with Gasteiger partial charge >= 0.3 is 0 Å². The van der Waals surface area contributed by atoms with E-state index in [1.807, 2.05) is 32.0 Å². The number of nitrogens with zero attached hydrogens (tertiary/aromatic N) is 2. The first-order valence-electron chi connectivity index (χ1n) is 7.09. The van der Waals surface area contributed by atoms with Crippen LogP contribution in [0.25, 0.3) is 15.1 Å². The van der Waals surface area contributed by atoms with Crippen molar-refractivity contribution in [2.45, 2.75) is 25.5 Å². The maximum absolute atomic E-state index is 12.7. The second-order valence-electron chi connectivity index (χ2n) is 5.31. The van der Waals surface area contributed by atoms with Crippen molar-refractivity contribution in [3.05, 3.63) is 62.8 Å². The van der Waals surface area contributed by atoms with E-state index in [2.05, 4.69) is 18.2 Å². The Bertz CT molecular complexity index is 968. The Kier molecular flexibility index (Phi) is 3.20. The van der Waals surface area contributed by atoms with E-state index in [4.69, 9.17) is 4.98 Å². The van der Waals surface area contributed by atoms with E-state index < -0.39 is 0 Å². The van der Waals surface area contributed by atoms with Crippen molar-refractivity contribution in [2.75, 3.05) is 0 Å². The zero-order valence-corrected chi connectivity index (χ0v) is 13.9. The van der Waals surface area contributed by atoms with Crippen LogP contribution in [0.3, 0.4) is 0 Å². The molecule has 0 unspecified atom stereocenters. The molecule has 0 fully saturated rings. The third-order valence-corrected chi connectivity index (χ3v) is 6.19. The van der Waals surface area contributed by atoms with E-state index in [1.165, 1.54) is 10.4 Å². The van der Waals surface area contributed by atoms with Gasteiger partial charge in [0.2, 0.25) is 0 Å². The van der Waals surface area contributed by atoms with Crippen LogP contribution in [-0.4, -0.2) is 9.55 Å². The molecule has 2 aromatic heterocycles. The maximum Gasteiger partial charge on any atom is 0.263 e. The first-order chi connectivity index (χ1) is 10.6. The summed E-state index contributed by atoms with van der Waals surface area (Å²) in [5.74, 6) is 0. The molecule has 1 aliphatic rings. The average molecular weight is 326 g/mol. The first-order valence-corrected chi connectivity index (χ1v) is 8.72. The van der Waals surface area contributed by atoms with Crippen molar-refractivity contribution in [1.29, 1.82) is 0 Å². The van der Waals surface area contributed by atoms with Crippen LogP contribution in [0.4, 0.5) is 0 Å². The molecule has 0 saturated heterocycles. The Balaban J connectivity index is 1.86. The molecule has 0 spiro atoms. The van der Waals surface area contributed by atoms with Gasteiger partial charge in [0.05, 0.1) is 5.39 Å². The quantitative estimate of drug-likeness (QED) is 0.628. The van der Waals surface area contributed by atoms with Gasteiger partial charge in [-0.05, 0) is 31.1 Å². The van der Waals surface area contributed by atoms with Crippen LogP contribution in [-0.2, 0) is 6.54 Å². The van der Waals surface area contributed by atoms with Crippen LogP contribution in [0, 0.1) is 13.8 Å². The normalized spacial score (nSPS) is 14.0. The van der Waals surface area contributed by atoms with Gasteiger partial charge < -0.3 is 0 Å². The molecule has 3 aromatic rings. The third-order valence-electron chi connectivity index (χ3n) is 3.97. The Hall–Kier alpha value is -1.85. The summed E-state index contributed by atoms with van der Waals surface area (Å²) < 4.78 is 1.78. The van der Waals surface area contributed by atoms with E-state index >= 15 is 0 Å². The van der Waals surface area contributed by atoms with Crippen LogP contribution in [0.1, 0.15) is 16.0 Å². The number of aryl methyl sites for hydroxylation is 2. The molecule has 0 bridgehead atoms. The highest BCUT2D eigenvalue weighted by Gasteiger charge is 2.20. The predicted octanol–water partition coefficient (Wildman–Crippen LogP) is 4.22. The van der Waals surface area contributed by atoms with Gasteiger partial charge in [0.1, 0.15) is 4.83 Å². The fraction of sp³-hybridized carbons (Fsp3) is 0.176. The molecule has 110 valence electrons. The monoisotopic (exact) mass is 326 g/mol. The van der Waals surface area contributed by atoms with Gasteiger partial charge in [-0.25, -0.2) is 4.98 Å². The van der Waals surface area contributed by atoms with Crippen LogP contribution in [0.5, 0.6) is 0 Å². The van der Waals surface area contributed by atoms with Crippen LogP contribution in [0.15, 0.2) is 46.4 Å². The minimum absolute atomic E-state index is 0.0812. The van der Waals surface area contributed by atoms with Crippen molar-refractivity contribution in [1.82, 2.24) is 9.55 Å². The molecular formula is C17H14N2OS2. The lowest BCUT2D eigenvalue weighted by Gasteiger charge is -2.17. The number of thioether (sulfide) groups is 1. The van der Waals surface area contributed by atoms with Crippen molar-refractivity contribution in [3.8, 4) is 0 Å². The lowest BCUT2D eigenvalue weighted by Crippen LogP contribution is -2.24. The first kappa shape index (κ1) is 13.8. The number of thiophene rings is 1. The highest BCUT2D eigenvalue weighted by Crippen LogP contribution is 2.37. The summed E-state index contributed by atoms with van der Waals surface area (Å²) >= 11 is 3.18. The Morgan fingerprint density at radius 1 is 1.18 bits per heavy atom. The number of benzene rings is 1. The molecule has 0 atom stereocenters. The second-order valence-corrected chi connectivity index (χ2v) is 7.52. The summed E-state index contributed by atoms with van der Waals surface area (Å²) in [6, 6.07) is 10.2. The molecule has 1 aromatic carbocycles. The molecule has 0 aliphatic carbocycles. The van der Waals surface area contributed by atoms with E-state index in [9.17, 15) is 4.79 Å². The summed E-state index contributed by atoms with van der Waals surface area (Å²) in [5.41, 5.74) is 2.32. The van der Waals surface area contributed by atoms with E-state index in [1.54, 1.807) is 27.7 Å². The summed E-state index contributed by atoms with van der Waals surface area (Å²) in [7, 11) is 0. The number of hydrogen-bond acceptors (Lipinski definition) is 4. The molecule has 0 radical (unpaired) electrons. The topological polar surface area (TPSA) is 34.9 Å².